The van der Waals surface area contributed by atoms with Crippen molar-refractivity contribution in [1.29, 1.82) is 0 Å². The molecule has 170 valence electrons. The third kappa shape index (κ3) is 4.34. The van der Waals surface area contributed by atoms with Gasteiger partial charge in [0.05, 0.1) is 42.7 Å². The van der Waals surface area contributed by atoms with Gasteiger partial charge in [0.25, 0.3) is 5.56 Å². The van der Waals surface area contributed by atoms with Crippen LogP contribution >= 0.6 is 11.3 Å². The summed E-state index contributed by atoms with van der Waals surface area (Å²) in [6.07, 6.45) is 1.81. The van der Waals surface area contributed by atoms with E-state index in [1.807, 2.05) is 36.4 Å². The zero-order valence-electron chi connectivity index (χ0n) is 18.8. The minimum absolute atomic E-state index is 0.225. The molecule has 1 aliphatic heterocycles. The van der Waals surface area contributed by atoms with Gasteiger partial charge in [-0.15, -0.1) is 0 Å². The van der Waals surface area contributed by atoms with Crippen LogP contribution in [0.3, 0.4) is 0 Å². The first-order valence-electron chi connectivity index (χ1n) is 10.4. The number of ether oxygens (including phenoxy) is 3. The topological polar surface area (TPSA) is 79.1 Å². The summed E-state index contributed by atoms with van der Waals surface area (Å²) in [5.74, 6) is 0.900. The Balaban J connectivity index is 1.93. The number of hydrogen-bond acceptors (Lipinski definition) is 7. The highest BCUT2D eigenvalue weighted by atomic mass is 32.1. The number of benzene rings is 2. The highest BCUT2D eigenvalue weighted by Crippen LogP contribution is 2.31. The minimum Gasteiger partial charge on any atom is -0.497 e. The first-order chi connectivity index (χ1) is 16.0. The van der Waals surface area contributed by atoms with E-state index in [1.165, 1.54) is 11.3 Å². The Morgan fingerprint density at radius 3 is 2.52 bits per heavy atom. The fraction of sp³-hybridized carbons (Fsp3) is 0.240. The summed E-state index contributed by atoms with van der Waals surface area (Å²) in [4.78, 5) is 31.6. The van der Waals surface area contributed by atoms with Crippen LogP contribution in [0.2, 0.25) is 0 Å². The van der Waals surface area contributed by atoms with Gasteiger partial charge in [-0.25, -0.2) is 9.79 Å². The second kappa shape index (κ2) is 9.46. The first kappa shape index (κ1) is 22.5. The van der Waals surface area contributed by atoms with E-state index < -0.39 is 12.0 Å². The van der Waals surface area contributed by atoms with Crippen molar-refractivity contribution in [2.75, 3.05) is 20.8 Å². The van der Waals surface area contributed by atoms with E-state index in [2.05, 4.69) is 4.99 Å². The Bertz CT molecular complexity index is 1400. The van der Waals surface area contributed by atoms with Gasteiger partial charge in [0.2, 0.25) is 0 Å². The lowest BCUT2D eigenvalue weighted by atomic mass is 9.96. The maximum atomic E-state index is 13.6. The summed E-state index contributed by atoms with van der Waals surface area (Å²) in [5.41, 5.74) is 2.26. The number of methoxy groups -OCH3 is 2. The van der Waals surface area contributed by atoms with Crippen LogP contribution in [0.4, 0.5) is 0 Å². The summed E-state index contributed by atoms with van der Waals surface area (Å²) < 4.78 is 18.0. The molecule has 2 heterocycles. The molecule has 1 unspecified atom stereocenters. The van der Waals surface area contributed by atoms with E-state index in [-0.39, 0.29) is 12.2 Å². The van der Waals surface area contributed by atoms with Crippen LogP contribution < -0.4 is 24.4 Å². The van der Waals surface area contributed by atoms with Crippen LogP contribution in [0.15, 0.2) is 69.6 Å². The largest absolute Gasteiger partial charge is 0.497 e. The molecule has 8 heteroatoms. The van der Waals surface area contributed by atoms with Crippen molar-refractivity contribution >= 4 is 23.4 Å². The number of thiazole rings is 1. The summed E-state index contributed by atoms with van der Waals surface area (Å²) in [6, 6.07) is 14.1. The maximum absolute atomic E-state index is 13.6. The van der Waals surface area contributed by atoms with E-state index in [0.29, 0.717) is 32.1 Å². The zero-order chi connectivity index (χ0) is 23.5. The Hall–Kier alpha value is -3.65. The van der Waals surface area contributed by atoms with Gasteiger partial charge in [0.1, 0.15) is 11.5 Å². The van der Waals surface area contributed by atoms with E-state index in [0.717, 1.165) is 11.1 Å². The normalized spacial score (nSPS) is 15.6. The molecule has 33 heavy (non-hydrogen) atoms. The molecule has 4 rings (SSSR count). The number of aromatic nitrogens is 1. The maximum Gasteiger partial charge on any atom is 0.338 e. The van der Waals surface area contributed by atoms with Crippen LogP contribution in [0, 0.1) is 0 Å². The van der Waals surface area contributed by atoms with Gasteiger partial charge < -0.3 is 14.2 Å². The van der Waals surface area contributed by atoms with Crippen molar-refractivity contribution in [3.8, 4) is 11.5 Å². The summed E-state index contributed by atoms with van der Waals surface area (Å²) in [6.45, 7) is 3.74. The number of carbonyl (C=O) groups excluding carboxylic acids is 1. The third-order valence-corrected chi connectivity index (χ3v) is 6.32. The number of hydrogen-bond donors (Lipinski definition) is 0. The van der Waals surface area contributed by atoms with Crippen molar-refractivity contribution < 1.29 is 19.0 Å². The average Bonchev–Trinajstić information content (AvgIpc) is 3.12. The summed E-state index contributed by atoms with van der Waals surface area (Å²) in [7, 11) is 3.19. The van der Waals surface area contributed by atoms with E-state index >= 15 is 0 Å². The molecule has 0 saturated carbocycles. The molecule has 0 saturated heterocycles. The third-order valence-electron chi connectivity index (χ3n) is 5.34. The van der Waals surface area contributed by atoms with Gasteiger partial charge in [-0.3, -0.25) is 9.36 Å². The fourth-order valence-electron chi connectivity index (χ4n) is 3.78. The molecule has 0 aliphatic carbocycles. The van der Waals surface area contributed by atoms with Crippen molar-refractivity contribution in [3.05, 3.63) is 90.6 Å². The van der Waals surface area contributed by atoms with Gasteiger partial charge in [-0.1, -0.05) is 35.6 Å². The Labute approximate surface area is 194 Å². The number of carbonyl (C=O) groups is 1. The highest BCUT2D eigenvalue weighted by Gasteiger charge is 2.33. The van der Waals surface area contributed by atoms with Crippen LogP contribution in [-0.2, 0) is 9.53 Å². The second-order valence-electron chi connectivity index (χ2n) is 7.35. The molecular weight excluding hydrogens is 440 g/mol. The molecule has 7 nitrogen and oxygen atoms in total. The van der Waals surface area contributed by atoms with Gasteiger partial charge in [-0.2, -0.15) is 0 Å². The van der Waals surface area contributed by atoms with Crippen molar-refractivity contribution in [2.45, 2.75) is 19.9 Å². The molecular formula is C25H24N2O5S. The number of allylic oxidation sites excluding steroid dienone is 1. The highest BCUT2D eigenvalue weighted by molar-refractivity contribution is 7.07. The van der Waals surface area contributed by atoms with E-state index in [4.69, 9.17) is 14.2 Å². The molecule has 1 aromatic heterocycles. The SMILES string of the molecule is CCOC(=O)C1=C(C)N=c2s/c(=C\c3cccc(OC)c3)c(=O)n2C1c1ccc(OC)cc1. The van der Waals surface area contributed by atoms with Gasteiger partial charge in [0.15, 0.2) is 4.80 Å². The average molecular weight is 465 g/mol. The van der Waals surface area contributed by atoms with Crippen LogP contribution in [0.25, 0.3) is 6.08 Å². The Kier molecular flexibility index (Phi) is 6.46. The second-order valence-corrected chi connectivity index (χ2v) is 8.36. The minimum atomic E-state index is -0.654. The Morgan fingerprint density at radius 2 is 1.85 bits per heavy atom. The number of rotatable bonds is 6. The van der Waals surface area contributed by atoms with Crippen molar-refractivity contribution in [1.82, 2.24) is 4.57 Å². The molecule has 1 atom stereocenters. The molecule has 0 amide bonds. The molecule has 1 aliphatic rings. The summed E-state index contributed by atoms with van der Waals surface area (Å²) >= 11 is 1.28. The summed E-state index contributed by atoms with van der Waals surface area (Å²) in [5, 5.41) is 0. The predicted molar refractivity (Wildman–Crippen MR) is 126 cm³/mol. The van der Waals surface area contributed by atoms with Crippen molar-refractivity contribution in [3.63, 3.8) is 0 Å². The van der Waals surface area contributed by atoms with Gasteiger partial charge in [0, 0.05) is 0 Å². The lowest BCUT2D eigenvalue weighted by molar-refractivity contribution is -0.139. The molecule has 0 spiro atoms. The van der Waals surface area contributed by atoms with Crippen molar-refractivity contribution in [2.24, 2.45) is 4.99 Å². The van der Waals surface area contributed by atoms with Gasteiger partial charge >= 0.3 is 5.97 Å². The number of fused-ring (bicyclic) bond motifs is 1. The smallest absolute Gasteiger partial charge is 0.338 e. The van der Waals surface area contributed by atoms with E-state index in [1.54, 1.807) is 50.8 Å². The van der Waals surface area contributed by atoms with Crippen LogP contribution in [-0.4, -0.2) is 31.4 Å². The van der Waals surface area contributed by atoms with Crippen LogP contribution in [0.1, 0.15) is 31.0 Å². The number of nitrogens with zero attached hydrogens (tertiary/aromatic N) is 2. The molecule has 0 N–H and O–H groups in total. The Morgan fingerprint density at radius 1 is 1.12 bits per heavy atom. The molecule has 0 radical (unpaired) electrons. The van der Waals surface area contributed by atoms with E-state index in [9.17, 15) is 9.59 Å². The van der Waals surface area contributed by atoms with Gasteiger partial charge in [-0.05, 0) is 55.3 Å². The monoisotopic (exact) mass is 464 g/mol. The zero-order valence-corrected chi connectivity index (χ0v) is 19.6. The molecule has 0 fully saturated rings. The van der Waals surface area contributed by atoms with Crippen LogP contribution in [0.5, 0.6) is 11.5 Å². The quantitative estimate of drug-likeness (QED) is 0.524. The molecule has 3 aromatic rings. The lowest BCUT2D eigenvalue weighted by Crippen LogP contribution is -2.39. The number of esters is 1. The lowest BCUT2D eigenvalue weighted by Gasteiger charge is -2.24. The predicted octanol–water partition coefficient (Wildman–Crippen LogP) is 2.82. The fourth-order valence-corrected chi connectivity index (χ4v) is 4.82. The molecule has 2 aromatic carbocycles. The first-order valence-corrected chi connectivity index (χ1v) is 11.3. The molecule has 0 bridgehead atoms. The standard InChI is InChI=1S/C25H24N2O5S/c1-5-32-24(29)21-15(2)26-25-27(22(21)17-9-11-18(30-3)12-10-17)23(28)20(33-25)14-16-7-6-8-19(13-16)31-4/h6-14,22H,5H2,1-4H3/b20-14-.